The molecular formula is C16H17FN2OS. The SMILES string of the molecule is O=C(NCc1nccs1)C1(c2cccc(F)c2)CCCC1. The highest BCUT2D eigenvalue weighted by Crippen LogP contribution is 2.41. The van der Waals surface area contributed by atoms with Gasteiger partial charge >= 0.3 is 0 Å². The number of benzene rings is 1. The molecule has 0 bridgehead atoms. The van der Waals surface area contributed by atoms with E-state index in [2.05, 4.69) is 10.3 Å². The number of hydrogen-bond donors (Lipinski definition) is 1. The maximum Gasteiger partial charge on any atom is 0.231 e. The highest BCUT2D eigenvalue weighted by Gasteiger charge is 2.42. The fourth-order valence-corrected chi connectivity index (χ4v) is 3.63. The van der Waals surface area contributed by atoms with E-state index >= 15 is 0 Å². The Morgan fingerprint density at radius 2 is 2.19 bits per heavy atom. The zero-order chi connectivity index (χ0) is 14.7. The Labute approximate surface area is 127 Å². The molecule has 5 heteroatoms. The van der Waals surface area contributed by atoms with Crippen LogP contribution in [0.1, 0.15) is 36.3 Å². The van der Waals surface area contributed by atoms with Gasteiger partial charge in [0, 0.05) is 11.6 Å². The third kappa shape index (κ3) is 2.83. The van der Waals surface area contributed by atoms with Crippen molar-refractivity contribution in [3.05, 3.63) is 52.2 Å². The summed E-state index contributed by atoms with van der Waals surface area (Å²) in [7, 11) is 0. The average molecular weight is 304 g/mol. The number of nitrogens with one attached hydrogen (secondary N) is 1. The topological polar surface area (TPSA) is 42.0 Å². The van der Waals surface area contributed by atoms with Gasteiger partial charge in [-0.3, -0.25) is 4.79 Å². The molecule has 110 valence electrons. The maximum absolute atomic E-state index is 13.5. The number of hydrogen-bond acceptors (Lipinski definition) is 3. The van der Waals surface area contributed by atoms with Crippen molar-refractivity contribution in [3.63, 3.8) is 0 Å². The van der Waals surface area contributed by atoms with Crippen LogP contribution in [0.5, 0.6) is 0 Å². The van der Waals surface area contributed by atoms with Crippen molar-refractivity contribution in [2.45, 2.75) is 37.6 Å². The third-order valence-electron chi connectivity index (χ3n) is 4.15. The lowest BCUT2D eigenvalue weighted by Crippen LogP contribution is -2.42. The third-order valence-corrected chi connectivity index (χ3v) is 4.93. The normalized spacial score (nSPS) is 16.8. The van der Waals surface area contributed by atoms with E-state index in [1.54, 1.807) is 12.3 Å². The van der Waals surface area contributed by atoms with Crippen molar-refractivity contribution in [2.24, 2.45) is 0 Å². The predicted molar refractivity (Wildman–Crippen MR) is 80.5 cm³/mol. The summed E-state index contributed by atoms with van der Waals surface area (Å²) in [4.78, 5) is 16.9. The van der Waals surface area contributed by atoms with Crippen molar-refractivity contribution < 1.29 is 9.18 Å². The Bertz CT molecular complexity index is 621. The largest absolute Gasteiger partial charge is 0.349 e. The molecule has 2 aromatic rings. The van der Waals surface area contributed by atoms with Crippen molar-refractivity contribution >= 4 is 17.2 Å². The molecule has 3 rings (SSSR count). The summed E-state index contributed by atoms with van der Waals surface area (Å²) >= 11 is 1.52. The monoisotopic (exact) mass is 304 g/mol. The summed E-state index contributed by atoms with van der Waals surface area (Å²) < 4.78 is 13.5. The second-order valence-corrected chi connectivity index (χ2v) is 6.39. The van der Waals surface area contributed by atoms with Gasteiger partial charge in [0.15, 0.2) is 0 Å². The molecule has 3 nitrogen and oxygen atoms in total. The lowest BCUT2D eigenvalue weighted by molar-refractivity contribution is -0.126. The lowest BCUT2D eigenvalue weighted by Gasteiger charge is -2.28. The minimum atomic E-state index is -0.584. The van der Waals surface area contributed by atoms with Crippen molar-refractivity contribution in [2.75, 3.05) is 0 Å². The van der Waals surface area contributed by atoms with Crippen molar-refractivity contribution in [1.29, 1.82) is 0 Å². The minimum absolute atomic E-state index is 0.0131. The second-order valence-electron chi connectivity index (χ2n) is 5.41. The predicted octanol–water partition coefficient (Wildman–Crippen LogP) is 3.41. The van der Waals surface area contributed by atoms with Crippen LogP contribution in [0.4, 0.5) is 4.39 Å². The van der Waals surface area contributed by atoms with E-state index in [0.29, 0.717) is 6.54 Å². The van der Waals surface area contributed by atoms with E-state index in [9.17, 15) is 9.18 Å². The molecule has 1 aromatic carbocycles. The Kier molecular flexibility index (Phi) is 4.01. The summed E-state index contributed by atoms with van der Waals surface area (Å²) in [5.41, 5.74) is 0.205. The van der Waals surface area contributed by atoms with Crippen molar-refractivity contribution in [3.8, 4) is 0 Å². The minimum Gasteiger partial charge on any atom is -0.349 e. The molecule has 1 aliphatic carbocycles. The van der Waals surface area contributed by atoms with Gasteiger partial charge in [0.25, 0.3) is 0 Å². The van der Waals surface area contributed by atoms with Crippen LogP contribution in [-0.2, 0) is 16.8 Å². The summed E-state index contributed by atoms with van der Waals surface area (Å²) in [5.74, 6) is -0.299. The Morgan fingerprint density at radius 1 is 1.38 bits per heavy atom. The highest BCUT2D eigenvalue weighted by atomic mass is 32.1. The van der Waals surface area contributed by atoms with Crippen LogP contribution in [0.3, 0.4) is 0 Å². The standard InChI is InChI=1S/C16H17FN2OS/c17-13-5-3-4-12(10-13)16(6-1-2-7-16)15(20)19-11-14-18-8-9-21-14/h3-5,8-10H,1-2,6-7,11H2,(H,19,20). The Balaban J connectivity index is 1.81. The van der Waals surface area contributed by atoms with Gasteiger partial charge in [0.1, 0.15) is 10.8 Å². The van der Waals surface area contributed by atoms with Crippen LogP contribution in [0.15, 0.2) is 35.8 Å². The van der Waals surface area contributed by atoms with Gasteiger partial charge < -0.3 is 5.32 Å². The number of amides is 1. The average Bonchev–Trinajstić information content (AvgIpc) is 3.17. The van der Waals surface area contributed by atoms with Crippen LogP contribution in [0.2, 0.25) is 0 Å². The van der Waals surface area contributed by atoms with Gasteiger partial charge in [0.05, 0.1) is 12.0 Å². The van der Waals surface area contributed by atoms with Gasteiger partial charge in [-0.2, -0.15) is 0 Å². The fourth-order valence-electron chi connectivity index (χ4n) is 3.08. The summed E-state index contributed by atoms with van der Waals surface area (Å²) in [6.45, 7) is 0.438. The second kappa shape index (κ2) is 5.93. The lowest BCUT2D eigenvalue weighted by atomic mass is 9.78. The molecule has 1 fully saturated rings. The molecule has 21 heavy (non-hydrogen) atoms. The summed E-state index contributed by atoms with van der Waals surface area (Å²) in [6, 6.07) is 6.45. The maximum atomic E-state index is 13.5. The van der Waals surface area contributed by atoms with E-state index in [0.717, 1.165) is 36.3 Å². The van der Waals surface area contributed by atoms with Crippen molar-refractivity contribution in [1.82, 2.24) is 10.3 Å². The molecule has 1 amide bonds. The first-order chi connectivity index (χ1) is 10.2. The molecule has 0 spiro atoms. The summed E-state index contributed by atoms with van der Waals surface area (Å²) in [5, 5.41) is 5.75. The molecule has 1 saturated carbocycles. The highest BCUT2D eigenvalue weighted by molar-refractivity contribution is 7.09. The molecule has 0 aliphatic heterocycles. The smallest absolute Gasteiger partial charge is 0.231 e. The van der Waals surface area contributed by atoms with Crippen LogP contribution < -0.4 is 5.32 Å². The summed E-state index contributed by atoms with van der Waals surface area (Å²) in [6.07, 6.45) is 5.28. The van der Waals surface area contributed by atoms with Crippen LogP contribution >= 0.6 is 11.3 Å². The van der Waals surface area contributed by atoms with Crippen LogP contribution in [0.25, 0.3) is 0 Å². The molecular weight excluding hydrogens is 287 g/mol. The molecule has 0 saturated heterocycles. The molecule has 1 aliphatic rings. The zero-order valence-electron chi connectivity index (χ0n) is 11.6. The van der Waals surface area contributed by atoms with E-state index in [1.807, 2.05) is 11.4 Å². The zero-order valence-corrected chi connectivity index (χ0v) is 12.5. The number of halogens is 1. The Morgan fingerprint density at radius 3 is 2.86 bits per heavy atom. The first-order valence-corrected chi connectivity index (χ1v) is 8.01. The number of carbonyl (C=O) groups is 1. The molecule has 1 aromatic heterocycles. The molecule has 0 unspecified atom stereocenters. The van der Waals surface area contributed by atoms with E-state index in [1.165, 1.54) is 23.5 Å². The van der Waals surface area contributed by atoms with Gasteiger partial charge in [-0.1, -0.05) is 25.0 Å². The van der Waals surface area contributed by atoms with Gasteiger partial charge in [-0.25, -0.2) is 9.37 Å². The Hall–Kier alpha value is -1.75. The quantitative estimate of drug-likeness (QED) is 0.940. The molecule has 1 N–H and O–H groups in total. The van der Waals surface area contributed by atoms with E-state index < -0.39 is 5.41 Å². The number of aromatic nitrogens is 1. The molecule has 0 radical (unpaired) electrons. The van der Waals surface area contributed by atoms with Gasteiger partial charge in [0.2, 0.25) is 5.91 Å². The first kappa shape index (κ1) is 14.2. The fraction of sp³-hybridized carbons (Fsp3) is 0.375. The van der Waals surface area contributed by atoms with E-state index in [4.69, 9.17) is 0 Å². The van der Waals surface area contributed by atoms with Crippen LogP contribution in [-0.4, -0.2) is 10.9 Å². The first-order valence-electron chi connectivity index (χ1n) is 7.13. The number of carbonyl (C=O) groups excluding carboxylic acids is 1. The number of rotatable bonds is 4. The molecule has 1 heterocycles. The number of thiazole rings is 1. The van der Waals surface area contributed by atoms with E-state index in [-0.39, 0.29) is 11.7 Å². The molecule has 0 atom stereocenters. The van der Waals surface area contributed by atoms with Gasteiger partial charge in [-0.15, -0.1) is 11.3 Å². The van der Waals surface area contributed by atoms with Crippen LogP contribution in [0, 0.1) is 5.82 Å². The van der Waals surface area contributed by atoms with Gasteiger partial charge in [-0.05, 0) is 30.5 Å². The number of nitrogens with zero attached hydrogens (tertiary/aromatic N) is 1.